The first-order valence-electron chi connectivity index (χ1n) is 10.8. The quantitative estimate of drug-likeness (QED) is 0.490. The van der Waals surface area contributed by atoms with Gasteiger partial charge in [-0.25, -0.2) is 13.2 Å². The molecule has 0 spiro atoms. The summed E-state index contributed by atoms with van der Waals surface area (Å²) in [5.41, 5.74) is -1.26. The molecule has 0 bridgehead atoms. The van der Waals surface area contributed by atoms with E-state index in [1.807, 2.05) is 0 Å². The van der Waals surface area contributed by atoms with Gasteiger partial charge in [0.25, 0.3) is 12.0 Å². The maximum atomic E-state index is 13.8. The van der Waals surface area contributed by atoms with E-state index in [-0.39, 0.29) is 35.4 Å². The van der Waals surface area contributed by atoms with Crippen LogP contribution < -0.4 is 16.2 Å². The number of nitrogens with zero attached hydrogens (tertiary/aromatic N) is 1. The van der Waals surface area contributed by atoms with Crippen LogP contribution in [-0.2, 0) is 16.1 Å². The van der Waals surface area contributed by atoms with Gasteiger partial charge in [0.2, 0.25) is 11.8 Å². The van der Waals surface area contributed by atoms with E-state index in [0.717, 1.165) is 31.5 Å². The van der Waals surface area contributed by atoms with Crippen LogP contribution in [0.5, 0.6) is 0 Å². The van der Waals surface area contributed by atoms with Crippen molar-refractivity contribution in [2.75, 3.05) is 5.32 Å². The number of nitrogens with one attached hydrogen (secondary N) is 2. The van der Waals surface area contributed by atoms with Crippen molar-refractivity contribution in [3.63, 3.8) is 0 Å². The molecule has 6 atom stereocenters. The number of amides is 2. The number of rotatable bonds is 4. The number of pyridine rings is 1. The Kier molecular flexibility index (Phi) is 7.29. The van der Waals surface area contributed by atoms with Crippen LogP contribution in [0.3, 0.4) is 0 Å². The van der Waals surface area contributed by atoms with E-state index in [1.165, 1.54) is 11.8 Å². The fourth-order valence-corrected chi connectivity index (χ4v) is 6.44. The average Bonchev–Trinajstić information content (AvgIpc) is 3.31. The van der Waals surface area contributed by atoms with Crippen LogP contribution in [0.15, 0.2) is 17.1 Å². The largest absolute Gasteiger partial charge is 0.353 e. The molecular weight excluding hydrogens is 479 g/mol. The number of carbonyl (C=O) groups is 2. The molecule has 1 aromatic rings. The third-order valence-corrected chi connectivity index (χ3v) is 8.24. The summed E-state index contributed by atoms with van der Waals surface area (Å²) in [6, 6.07) is 0.996. The molecule has 11 heteroatoms. The molecule has 6 nitrogen and oxygen atoms in total. The summed E-state index contributed by atoms with van der Waals surface area (Å²) in [6.45, 7) is -0.969. The highest BCUT2D eigenvalue weighted by atomic mass is 35.5. The Hall–Kier alpha value is -2.12. The van der Waals surface area contributed by atoms with Crippen molar-refractivity contribution in [1.82, 2.24) is 9.88 Å². The summed E-state index contributed by atoms with van der Waals surface area (Å²) in [7, 11) is 0. The summed E-state index contributed by atoms with van der Waals surface area (Å²) in [6.07, 6.45) is 1.94. The van der Waals surface area contributed by atoms with Gasteiger partial charge in [0.05, 0.1) is 22.2 Å². The number of anilines is 1. The van der Waals surface area contributed by atoms with Crippen LogP contribution >= 0.6 is 23.4 Å². The maximum absolute atomic E-state index is 13.8. The average molecular weight is 502 g/mol. The highest BCUT2D eigenvalue weighted by Crippen LogP contribution is 2.42. The van der Waals surface area contributed by atoms with Gasteiger partial charge in [0.1, 0.15) is 0 Å². The van der Waals surface area contributed by atoms with Crippen molar-refractivity contribution in [3.8, 4) is 11.8 Å². The van der Waals surface area contributed by atoms with Crippen LogP contribution in [0.1, 0.15) is 32.1 Å². The molecule has 3 heterocycles. The second-order valence-corrected chi connectivity index (χ2v) is 10.7. The van der Waals surface area contributed by atoms with Crippen molar-refractivity contribution >= 4 is 40.9 Å². The molecule has 1 saturated carbocycles. The summed E-state index contributed by atoms with van der Waals surface area (Å²) in [4.78, 5) is 36.1. The molecule has 33 heavy (non-hydrogen) atoms. The molecule has 4 rings (SSSR count). The number of carbonyl (C=O) groups excluding carboxylic acids is 2. The van der Waals surface area contributed by atoms with Crippen molar-refractivity contribution < 1.29 is 22.8 Å². The number of hydrogen-bond acceptors (Lipinski definition) is 4. The predicted molar refractivity (Wildman–Crippen MR) is 120 cm³/mol. The smallest absolute Gasteiger partial charge is 0.286 e. The van der Waals surface area contributed by atoms with Crippen LogP contribution in [-0.4, -0.2) is 38.8 Å². The second-order valence-electron chi connectivity index (χ2n) is 8.60. The first kappa shape index (κ1) is 24.0. The summed E-state index contributed by atoms with van der Waals surface area (Å²) in [5.74, 6) is 4.99. The molecule has 2 saturated heterocycles. The first-order chi connectivity index (χ1) is 15.7. The van der Waals surface area contributed by atoms with Gasteiger partial charge in [-0.05, 0) is 19.3 Å². The van der Waals surface area contributed by atoms with Gasteiger partial charge in [-0.15, -0.1) is 23.4 Å². The van der Waals surface area contributed by atoms with Gasteiger partial charge < -0.3 is 15.2 Å². The molecule has 6 unspecified atom stereocenters. The molecule has 178 valence electrons. The lowest BCUT2D eigenvalue weighted by Crippen LogP contribution is -2.35. The number of aromatic nitrogens is 1. The summed E-state index contributed by atoms with van der Waals surface area (Å²) in [5, 5.41) is 4.94. The highest BCUT2D eigenvalue weighted by molar-refractivity contribution is 8.02. The Morgan fingerprint density at radius 3 is 2.82 bits per heavy atom. The normalized spacial score (nSPS) is 31.0. The zero-order chi connectivity index (χ0) is 23.7. The molecule has 2 N–H and O–H groups in total. The van der Waals surface area contributed by atoms with Gasteiger partial charge in [-0.2, -0.15) is 0 Å². The number of alkyl halides is 3. The number of thioether (sulfide) groups is 1. The number of hydrogen-bond donors (Lipinski definition) is 2. The van der Waals surface area contributed by atoms with E-state index >= 15 is 0 Å². The Balaban J connectivity index is 1.40. The Morgan fingerprint density at radius 2 is 2.06 bits per heavy atom. The highest BCUT2D eigenvalue weighted by Gasteiger charge is 2.40. The molecule has 2 amide bonds. The van der Waals surface area contributed by atoms with Gasteiger partial charge in [-0.3, -0.25) is 14.4 Å². The molecule has 1 aliphatic carbocycles. The van der Waals surface area contributed by atoms with Gasteiger partial charge >= 0.3 is 0 Å². The predicted octanol–water partition coefficient (Wildman–Crippen LogP) is 3.19. The van der Waals surface area contributed by atoms with Crippen LogP contribution in [0.2, 0.25) is 0 Å². The molecule has 2 aliphatic heterocycles. The summed E-state index contributed by atoms with van der Waals surface area (Å²) >= 11 is 7.66. The molecular formula is C22H23ClF3N3O3S. The van der Waals surface area contributed by atoms with E-state index < -0.39 is 40.2 Å². The monoisotopic (exact) mass is 501 g/mol. The fraction of sp³-hybridized carbons (Fsp3) is 0.591. The zero-order valence-electron chi connectivity index (χ0n) is 17.5. The number of halogens is 4. The van der Waals surface area contributed by atoms with Crippen molar-refractivity contribution in [2.45, 2.75) is 61.1 Å². The Labute approximate surface area is 198 Å². The molecule has 0 aromatic carbocycles. The van der Waals surface area contributed by atoms with Gasteiger partial charge in [0, 0.05) is 42.5 Å². The van der Waals surface area contributed by atoms with Crippen molar-refractivity contribution in [2.24, 2.45) is 17.8 Å². The van der Waals surface area contributed by atoms with Crippen LogP contribution in [0.4, 0.5) is 18.9 Å². The first-order valence-corrected chi connectivity index (χ1v) is 12.2. The third-order valence-electron chi connectivity index (χ3n) is 6.30. The van der Waals surface area contributed by atoms with Gasteiger partial charge in [0.15, 0.2) is 5.82 Å². The lowest BCUT2D eigenvalue weighted by molar-refractivity contribution is -0.119. The van der Waals surface area contributed by atoms with E-state index in [2.05, 4.69) is 22.5 Å². The minimum absolute atomic E-state index is 0.0680. The minimum Gasteiger partial charge on any atom is -0.353 e. The Morgan fingerprint density at radius 1 is 1.30 bits per heavy atom. The minimum atomic E-state index is -2.84. The van der Waals surface area contributed by atoms with Crippen molar-refractivity contribution in [3.05, 3.63) is 28.4 Å². The summed E-state index contributed by atoms with van der Waals surface area (Å²) < 4.78 is 39.2. The molecule has 3 aliphatic rings. The second kappa shape index (κ2) is 10.0. The zero-order valence-corrected chi connectivity index (χ0v) is 19.1. The van der Waals surface area contributed by atoms with Crippen LogP contribution in [0, 0.1) is 35.4 Å². The van der Waals surface area contributed by atoms with E-state index in [4.69, 9.17) is 11.6 Å². The maximum Gasteiger partial charge on any atom is 0.286 e. The van der Waals surface area contributed by atoms with Gasteiger partial charge in [-0.1, -0.05) is 18.3 Å². The van der Waals surface area contributed by atoms with Crippen molar-refractivity contribution in [1.29, 1.82) is 0 Å². The molecule has 0 radical (unpaired) electrons. The fourth-order valence-electron chi connectivity index (χ4n) is 4.72. The standard InChI is InChI=1S/C22H23ClF3N3O3S/c23-20-12(5-4-11-2-1-3-16-14(11)8-19(30)28-16)6-17(33-20)21(31)27-13-7-15(24)22(32)29(9-13)10-18(25)26/h7,9,11-12,14,16-18,20H,1-3,6,8,10H2,(H,27,31)(H,28,30). The third kappa shape index (κ3) is 5.52. The van der Waals surface area contributed by atoms with E-state index in [1.54, 1.807) is 0 Å². The lowest BCUT2D eigenvalue weighted by atomic mass is 9.76. The topological polar surface area (TPSA) is 80.2 Å². The Bertz CT molecular complexity index is 1060. The molecule has 1 aromatic heterocycles. The SMILES string of the molecule is O=C1CC2C(C#CC3CC(C(=O)Nc4cc(F)c(=O)n(CC(F)F)c4)SC3Cl)CCCC2N1. The molecule has 3 fully saturated rings. The van der Waals surface area contributed by atoms with E-state index in [9.17, 15) is 27.6 Å². The van der Waals surface area contributed by atoms with Crippen LogP contribution in [0.25, 0.3) is 0 Å². The number of fused-ring (bicyclic) bond motifs is 1. The lowest BCUT2D eigenvalue weighted by Gasteiger charge is -2.29. The van der Waals surface area contributed by atoms with E-state index in [0.29, 0.717) is 17.4 Å².